The van der Waals surface area contributed by atoms with Crippen molar-refractivity contribution in [2.75, 3.05) is 18.8 Å². The Morgan fingerprint density at radius 3 is 2.87 bits per heavy atom. The van der Waals surface area contributed by atoms with Crippen LogP contribution >= 0.6 is 11.8 Å². The predicted molar refractivity (Wildman–Crippen MR) is 86.8 cm³/mol. The van der Waals surface area contributed by atoms with Crippen molar-refractivity contribution in [2.45, 2.75) is 17.6 Å². The van der Waals surface area contributed by atoms with Gasteiger partial charge in [0.05, 0.1) is 11.8 Å². The first kappa shape index (κ1) is 16.2. The molecule has 9 heteroatoms. The second-order valence-electron chi connectivity index (χ2n) is 5.55. The lowest BCUT2D eigenvalue weighted by atomic mass is 9.75. The molecule has 1 aromatic rings. The number of carbonyl (C=O) groups is 2. The Kier molecular flexibility index (Phi) is 4.79. The van der Waals surface area contributed by atoms with E-state index in [0.717, 1.165) is 13.1 Å². The van der Waals surface area contributed by atoms with E-state index < -0.39 is 19.1 Å². The van der Waals surface area contributed by atoms with Crippen molar-refractivity contribution in [1.29, 1.82) is 0 Å². The molecular formula is C14H17BN2O5S. The fourth-order valence-corrected chi connectivity index (χ4v) is 3.53. The first-order valence-corrected chi connectivity index (χ1v) is 8.42. The number of carboxylic acid groups (broad SMARTS) is 1. The number of thioether (sulfide) groups is 1. The van der Waals surface area contributed by atoms with Crippen LogP contribution in [-0.2, 0) is 4.79 Å². The highest BCUT2D eigenvalue weighted by Crippen LogP contribution is 2.36. The lowest BCUT2D eigenvalue weighted by molar-refractivity contribution is -0.119. The van der Waals surface area contributed by atoms with Gasteiger partial charge >= 0.3 is 13.1 Å². The maximum absolute atomic E-state index is 12.1. The summed E-state index contributed by atoms with van der Waals surface area (Å²) in [4.78, 5) is 23.4. The Labute approximate surface area is 137 Å². The van der Waals surface area contributed by atoms with Crippen molar-refractivity contribution in [3.05, 3.63) is 29.3 Å². The van der Waals surface area contributed by atoms with Gasteiger partial charge in [-0.15, -0.1) is 11.8 Å². The number of amides is 1. The molecule has 0 aliphatic carbocycles. The van der Waals surface area contributed by atoms with E-state index in [-0.39, 0.29) is 23.5 Å². The largest absolute Gasteiger partial charge is 0.535 e. The molecule has 23 heavy (non-hydrogen) atoms. The molecule has 0 bridgehead atoms. The van der Waals surface area contributed by atoms with Crippen molar-refractivity contribution in [3.63, 3.8) is 0 Å². The molecule has 1 aromatic carbocycles. The number of hydrogen-bond donors (Lipinski definition) is 4. The van der Waals surface area contributed by atoms with E-state index in [2.05, 4.69) is 10.6 Å². The third kappa shape index (κ3) is 3.62. The average Bonchev–Trinajstić information content (AvgIpc) is 2.44. The summed E-state index contributed by atoms with van der Waals surface area (Å²) in [7, 11) is -1.14. The first-order chi connectivity index (χ1) is 11.0. The average molecular weight is 336 g/mol. The van der Waals surface area contributed by atoms with Gasteiger partial charge in [0.1, 0.15) is 11.3 Å². The number of hydrogen-bond acceptors (Lipinski definition) is 6. The van der Waals surface area contributed by atoms with Crippen LogP contribution in [0.1, 0.15) is 22.0 Å². The molecule has 0 spiro atoms. The Hall–Kier alpha value is -1.71. The van der Waals surface area contributed by atoms with Crippen LogP contribution in [0, 0.1) is 0 Å². The smallest absolute Gasteiger partial charge is 0.525 e. The Balaban J connectivity index is 1.72. The van der Waals surface area contributed by atoms with Crippen LogP contribution in [0.2, 0.25) is 6.32 Å². The third-order valence-corrected chi connectivity index (χ3v) is 5.11. The van der Waals surface area contributed by atoms with Gasteiger partial charge in [-0.3, -0.25) is 4.79 Å². The maximum atomic E-state index is 12.1. The second kappa shape index (κ2) is 6.82. The molecule has 1 saturated heterocycles. The highest BCUT2D eigenvalue weighted by molar-refractivity contribution is 8.00. The minimum absolute atomic E-state index is 0.0181. The molecule has 3 rings (SSSR count). The van der Waals surface area contributed by atoms with Crippen LogP contribution in [0.4, 0.5) is 0 Å². The van der Waals surface area contributed by atoms with Crippen molar-refractivity contribution < 1.29 is 24.4 Å². The zero-order valence-corrected chi connectivity index (χ0v) is 13.1. The van der Waals surface area contributed by atoms with Gasteiger partial charge in [-0.2, -0.15) is 0 Å². The third-order valence-electron chi connectivity index (χ3n) is 3.87. The van der Waals surface area contributed by atoms with Crippen molar-refractivity contribution >= 4 is 30.8 Å². The maximum Gasteiger partial charge on any atom is 0.525 e. The highest BCUT2D eigenvalue weighted by Gasteiger charge is 2.35. The summed E-state index contributed by atoms with van der Waals surface area (Å²) in [5.41, 5.74) is 0.564. The van der Waals surface area contributed by atoms with Gasteiger partial charge in [-0.05, 0) is 6.07 Å². The van der Waals surface area contributed by atoms with Gasteiger partial charge in [0.15, 0.2) is 0 Å². The Morgan fingerprint density at radius 1 is 1.43 bits per heavy atom. The molecule has 2 heterocycles. The van der Waals surface area contributed by atoms with Crippen LogP contribution in [0.25, 0.3) is 0 Å². The highest BCUT2D eigenvalue weighted by atomic mass is 32.2. The molecule has 1 fully saturated rings. The SMILES string of the molecule is O=C(CSC1CNC1)N[C@@H]1CB(O)Oc2c(C(=O)O)cccc21. The molecule has 1 atom stereocenters. The summed E-state index contributed by atoms with van der Waals surface area (Å²) in [6.45, 7) is 1.83. The molecule has 0 radical (unpaired) electrons. The molecule has 2 aliphatic rings. The zero-order chi connectivity index (χ0) is 16.4. The van der Waals surface area contributed by atoms with E-state index in [1.54, 1.807) is 23.9 Å². The van der Waals surface area contributed by atoms with Gasteiger partial charge in [-0.25, -0.2) is 4.79 Å². The summed E-state index contributed by atoms with van der Waals surface area (Å²) >= 11 is 1.59. The van der Waals surface area contributed by atoms with Gasteiger partial charge in [0.2, 0.25) is 5.91 Å². The second-order valence-corrected chi connectivity index (χ2v) is 6.84. The summed E-state index contributed by atoms with van der Waals surface area (Å²) in [6, 6.07) is 4.27. The van der Waals surface area contributed by atoms with Crippen LogP contribution in [0.5, 0.6) is 5.75 Å². The van der Waals surface area contributed by atoms with E-state index >= 15 is 0 Å². The van der Waals surface area contributed by atoms with Gasteiger partial charge in [-0.1, -0.05) is 12.1 Å². The number of fused-ring (bicyclic) bond motifs is 1. The molecule has 0 unspecified atom stereocenters. The van der Waals surface area contributed by atoms with E-state index in [1.165, 1.54) is 6.07 Å². The number of rotatable bonds is 5. The van der Waals surface area contributed by atoms with Gasteiger partial charge in [0, 0.05) is 30.2 Å². The molecule has 2 aliphatic heterocycles. The van der Waals surface area contributed by atoms with E-state index in [1.807, 2.05) is 0 Å². The van der Waals surface area contributed by atoms with E-state index in [0.29, 0.717) is 16.6 Å². The van der Waals surface area contributed by atoms with Crippen molar-refractivity contribution in [1.82, 2.24) is 10.6 Å². The van der Waals surface area contributed by atoms with Crippen LogP contribution in [0.15, 0.2) is 18.2 Å². The van der Waals surface area contributed by atoms with Gasteiger partial charge in [0.25, 0.3) is 0 Å². The summed E-state index contributed by atoms with van der Waals surface area (Å²) in [5, 5.41) is 25.5. The van der Waals surface area contributed by atoms with Gasteiger partial charge < -0.3 is 25.4 Å². The number of nitrogens with one attached hydrogen (secondary N) is 2. The van der Waals surface area contributed by atoms with Crippen LogP contribution < -0.4 is 15.3 Å². The standard InChI is InChI=1S/C14H17BN2O5S/c18-12(7-23-8-5-16-6-8)17-11-4-15(21)22-13-9(11)2-1-3-10(13)14(19)20/h1-3,8,11,16,21H,4-7H2,(H,17,18)(H,19,20)/t11-/m1/s1. The van der Waals surface area contributed by atoms with Crippen molar-refractivity contribution in [3.8, 4) is 5.75 Å². The van der Waals surface area contributed by atoms with E-state index in [4.69, 9.17) is 4.65 Å². The van der Waals surface area contributed by atoms with Crippen LogP contribution in [-0.4, -0.2) is 53.2 Å². The molecule has 122 valence electrons. The van der Waals surface area contributed by atoms with Crippen molar-refractivity contribution in [2.24, 2.45) is 0 Å². The summed E-state index contributed by atoms with van der Waals surface area (Å²) < 4.78 is 5.27. The molecule has 4 N–H and O–H groups in total. The summed E-state index contributed by atoms with van der Waals surface area (Å²) in [5.74, 6) is -0.796. The molecule has 7 nitrogen and oxygen atoms in total. The van der Waals surface area contributed by atoms with E-state index in [9.17, 15) is 19.7 Å². The predicted octanol–water partition coefficient (Wildman–Crippen LogP) is 0.120. The summed E-state index contributed by atoms with van der Waals surface area (Å²) in [6.07, 6.45) is 0.192. The quantitative estimate of drug-likeness (QED) is 0.566. The topological polar surface area (TPSA) is 108 Å². The number of aromatic carboxylic acids is 1. The number of carboxylic acids is 1. The fraction of sp³-hybridized carbons (Fsp3) is 0.429. The Bertz CT molecular complexity index is 625. The van der Waals surface area contributed by atoms with Crippen LogP contribution in [0.3, 0.4) is 0 Å². The number of para-hydroxylation sites is 1. The normalized spacial score (nSPS) is 20.2. The lowest BCUT2D eigenvalue weighted by Crippen LogP contribution is -2.45. The number of carbonyl (C=O) groups excluding carboxylic acids is 1. The minimum atomic E-state index is -1.14. The first-order valence-electron chi connectivity index (χ1n) is 7.37. The Morgan fingerprint density at radius 2 is 2.22 bits per heavy atom. The zero-order valence-electron chi connectivity index (χ0n) is 12.3. The monoisotopic (exact) mass is 336 g/mol. The molecule has 0 saturated carbocycles. The molecule has 1 amide bonds. The minimum Gasteiger partial charge on any atom is -0.535 e. The molecular weight excluding hydrogens is 319 g/mol. The molecule has 0 aromatic heterocycles. The lowest BCUT2D eigenvalue weighted by Gasteiger charge is -2.30. The number of benzene rings is 1. The fourth-order valence-electron chi connectivity index (χ4n) is 2.59.